The van der Waals surface area contributed by atoms with Crippen molar-refractivity contribution in [3.8, 4) is 11.5 Å². The summed E-state index contributed by atoms with van der Waals surface area (Å²) in [7, 11) is 0. The minimum atomic E-state index is -0.450. The van der Waals surface area contributed by atoms with E-state index in [9.17, 15) is 9.18 Å². The first kappa shape index (κ1) is 18.8. The summed E-state index contributed by atoms with van der Waals surface area (Å²) in [6, 6.07) is 11.8. The summed E-state index contributed by atoms with van der Waals surface area (Å²) in [5.74, 6) is 0.473. The van der Waals surface area contributed by atoms with Gasteiger partial charge in [0.25, 0.3) is 5.91 Å². The first-order valence-corrected chi connectivity index (χ1v) is 9.26. The maximum Gasteiger partial charge on any atom is 0.286 e. The molecular formula is C20H19FN2O3S. The van der Waals surface area contributed by atoms with Crippen molar-refractivity contribution in [1.29, 1.82) is 0 Å². The smallest absolute Gasteiger partial charge is 0.286 e. The van der Waals surface area contributed by atoms with E-state index >= 15 is 0 Å². The van der Waals surface area contributed by atoms with Crippen molar-refractivity contribution in [1.82, 2.24) is 4.57 Å². The molecule has 0 atom stereocenters. The van der Waals surface area contributed by atoms with Crippen LogP contribution in [-0.2, 0) is 11.3 Å². The molecule has 0 spiro atoms. The molecule has 27 heavy (non-hydrogen) atoms. The SMILES string of the molecule is C=CCn1c(=NC(=O)COc2ccc(OCC)cc2)sc2cccc(F)c21. The zero-order chi connectivity index (χ0) is 19.2. The van der Waals surface area contributed by atoms with E-state index in [0.717, 1.165) is 10.4 Å². The molecule has 1 heterocycles. The monoisotopic (exact) mass is 386 g/mol. The summed E-state index contributed by atoms with van der Waals surface area (Å²) in [5, 5.41) is 0. The Morgan fingerprint density at radius 2 is 1.93 bits per heavy atom. The molecule has 0 aliphatic heterocycles. The fourth-order valence-electron chi connectivity index (χ4n) is 2.55. The number of thiazole rings is 1. The lowest BCUT2D eigenvalue weighted by Crippen LogP contribution is -2.19. The Balaban J connectivity index is 1.79. The van der Waals surface area contributed by atoms with E-state index in [1.54, 1.807) is 47.0 Å². The number of aromatic nitrogens is 1. The molecule has 0 fully saturated rings. The summed E-state index contributed by atoms with van der Waals surface area (Å²) < 4.78 is 27.4. The molecule has 3 aromatic rings. The lowest BCUT2D eigenvalue weighted by Gasteiger charge is -2.06. The highest BCUT2D eigenvalue weighted by Crippen LogP contribution is 2.20. The van der Waals surface area contributed by atoms with E-state index in [2.05, 4.69) is 11.6 Å². The molecule has 2 aromatic carbocycles. The van der Waals surface area contributed by atoms with Gasteiger partial charge in [0.2, 0.25) is 0 Å². The van der Waals surface area contributed by atoms with Crippen molar-refractivity contribution in [3.05, 3.63) is 65.7 Å². The Labute approximate surface area is 160 Å². The van der Waals surface area contributed by atoms with Gasteiger partial charge in [0, 0.05) is 6.54 Å². The van der Waals surface area contributed by atoms with Gasteiger partial charge in [0.15, 0.2) is 11.4 Å². The molecule has 7 heteroatoms. The number of halogens is 1. The van der Waals surface area contributed by atoms with E-state index in [0.29, 0.717) is 29.2 Å². The van der Waals surface area contributed by atoms with Gasteiger partial charge >= 0.3 is 0 Å². The lowest BCUT2D eigenvalue weighted by molar-refractivity contribution is -0.120. The van der Waals surface area contributed by atoms with Crippen LogP contribution in [0.4, 0.5) is 4.39 Å². The molecule has 0 aliphatic rings. The van der Waals surface area contributed by atoms with Crippen molar-refractivity contribution in [3.63, 3.8) is 0 Å². The lowest BCUT2D eigenvalue weighted by atomic mass is 10.3. The zero-order valence-electron chi connectivity index (χ0n) is 14.9. The maximum atomic E-state index is 14.2. The summed E-state index contributed by atoms with van der Waals surface area (Å²) in [4.78, 5) is 16.7. The molecular weight excluding hydrogens is 367 g/mol. The molecule has 0 bridgehead atoms. The topological polar surface area (TPSA) is 52.8 Å². The number of hydrogen-bond donors (Lipinski definition) is 0. The van der Waals surface area contributed by atoms with Gasteiger partial charge in [0.1, 0.15) is 17.3 Å². The van der Waals surface area contributed by atoms with Crippen LogP contribution in [0.25, 0.3) is 10.2 Å². The number of hydrogen-bond acceptors (Lipinski definition) is 4. The maximum absolute atomic E-state index is 14.2. The normalized spacial score (nSPS) is 11.6. The molecule has 3 rings (SSSR count). The van der Waals surface area contributed by atoms with Crippen molar-refractivity contribution in [2.75, 3.05) is 13.2 Å². The molecule has 5 nitrogen and oxygen atoms in total. The third-order valence-corrected chi connectivity index (χ3v) is 4.72. The predicted molar refractivity (Wildman–Crippen MR) is 104 cm³/mol. The van der Waals surface area contributed by atoms with Crippen molar-refractivity contribution in [2.45, 2.75) is 13.5 Å². The quantitative estimate of drug-likeness (QED) is 0.578. The molecule has 0 saturated heterocycles. The van der Waals surface area contributed by atoms with Crippen molar-refractivity contribution < 1.29 is 18.7 Å². The highest BCUT2D eigenvalue weighted by molar-refractivity contribution is 7.16. The number of ether oxygens (including phenoxy) is 2. The fraction of sp³-hybridized carbons (Fsp3) is 0.200. The standard InChI is InChI=1S/C20H19FN2O3S/c1-3-12-23-19-16(21)6-5-7-17(19)27-20(23)22-18(24)13-26-15-10-8-14(9-11-15)25-4-2/h3,5-11H,1,4,12-13H2,2H3. The van der Waals surface area contributed by atoms with Crippen LogP contribution in [0.1, 0.15) is 6.92 Å². The average Bonchev–Trinajstić information content (AvgIpc) is 3.00. The van der Waals surface area contributed by atoms with E-state index < -0.39 is 5.91 Å². The third-order valence-electron chi connectivity index (χ3n) is 3.68. The number of para-hydroxylation sites is 1. The molecule has 0 N–H and O–H groups in total. The van der Waals surface area contributed by atoms with E-state index in [1.807, 2.05) is 6.92 Å². The second-order valence-electron chi connectivity index (χ2n) is 5.57. The van der Waals surface area contributed by atoms with Crippen LogP contribution in [0.2, 0.25) is 0 Å². The molecule has 0 radical (unpaired) electrons. The number of amides is 1. The van der Waals surface area contributed by atoms with Gasteiger partial charge in [-0.2, -0.15) is 4.99 Å². The summed E-state index contributed by atoms with van der Waals surface area (Å²) in [6.07, 6.45) is 1.64. The van der Waals surface area contributed by atoms with Gasteiger partial charge in [-0.1, -0.05) is 23.5 Å². The number of allylic oxidation sites excluding steroid dienone is 1. The van der Waals surface area contributed by atoms with Crippen LogP contribution in [0.15, 0.2) is 60.1 Å². The average molecular weight is 386 g/mol. The Morgan fingerprint density at radius 3 is 2.59 bits per heavy atom. The van der Waals surface area contributed by atoms with Gasteiger partial charge in [-0.3, -0.25) is 4.79 Å². The third kappa shape index (κ3) is 4.43. The van der Waals surface area contributed by atoms with Gasteiger partial charge in [-0.05, 0) is 43.3 Å². The van der Waals surface area contributed by atoms with Crippen LogP contribution in [0, 0.1) is 5.82 Å². The minimum Gasteiger partial charge on any atom is -0.494 e. The number of carbonyl (C=O) groups is 1. The Morgan fingerprint density at radius 1 is 1.22 bits per heavy atom. The molecule has 0 aliphatic carbocycles. The van der Waals surface area contributed by atoms with Gasteiger partial charge in [-0.15, -0.1) is 6.58 Å². The summed E-state index contributed by atoms with van der Waals surface area (Å²) >= 11 is 1.25. The highest BCUT2D eigenvalue weighted by atomic mass is 32.1. The number of benzene rings is 2. The summed E-state index contributed by atoms with van der Waals surface area (Å²) in [5.41, 5.74) is 0.418. The Hall–Kier alpha value is -2.93. The number of rotatable bonds is 7. The van der Waals surface area contributed by atoms with Crippen LogP contribution in [0.5, 0.6) is 11.5 Å². The molecule has 1 amide bonds. The number of nitrogens with zero attached hydrogens (tertiary/aromatic N) is 2. The molecule has 0 unspecified atom stereocenters. The minimum absolute atomic E-state index is 0.210. The van der Waals surface area contributed by atoms with Crippen molar-refractivity contribution >= 4 is 27.5 Å². The van der Waals surface area contributed by atoms with Gasteiger partial charge < -0.3 is 14.0 Å². The van der Waals surface area contributed by atoms with Gasteiger partial charge in [-0.25, -0.2) is 4.39 Å². The molecule has 0 saturated carbocycles. The summed E-state index contributed by atoms with van der Waals surface area (Å²) in [6.45, 7) is 6.32. The Bertz CT molecular complexity index is 1020. The molecule has 140 valence electrons. The van der Waals surface area contributed by atoms with Crippen LogP contribution < -0.4 is 14.3 Å². The number of fused-ring (bicyclic) bond motifs is 1. The van der Waals surface area contributed by atoms with E-state index in [1.165, 1.54) is 17.4 Å². The number of carbonyl (C=O) groups excluding carboxylic acids is 1. The Kier molecular flexibility index (Phi) is 6.03. The first-order chi connectivity index (χ1) is 13.1. The van der Waals surface area contributed by atoms with E-state index in [4.69, 9.17) is 9.47 Å². The second kappa shape index (κ2) is 8.64. The first-order valence-electron chi connectivity index (χ1n) is 8.44. The van der Waals surface area contributed by atoms with Crippen LogP contribution in [0.3, 0.4) is 0 Å². The van der Waals surface area contributed by atoms with Crippen molar-refractivity contribution in [2.24, 2.45) is 4.99 Å². The van der Waals surface area contributed by atoms with Crippen LogP contribution >= 0.6 is 11.3 Å². The fourth-order valence-corrected chi connectivity index (χ4v) is 3.62. The zero-order valence-corrected chi connectivity index (χ0v) is 15.7. The van der Waals surface area contributed by atoms with E-state index in [-0.39, 0.29) is 12.4 Å². The largest absolute Gasteiger partial charge is 0.494 e. The second-order valence-corrected chi connectivity index (χ2v) is 6.58. The van der Waals surface area contributed by atoms with Crippen LogP contribution in [-0.4, -0.2) is 23.7 Å². The highest BCUT2D eigenvalue weighted by Gasteiger charge is 2.11. The predicted octanol–water partition coefficient (Wildman–Crippen LogP) is 3.93. The van der Waals surface area contributed by atoms with Gasteiger partial charge in [0.05, 0.1) is 16.8 Å². The molecule has 1 aromatic heterocycles.